The first kappa shape index (κ1) is 38.1. The molecule has 0 aliphatic heterocycles. The Hall–Kier alpha value is -10.6. The number of aromatic nitrogens is 4. The Bertz CT molecular complexity index is 6550. The van der Waals surface area contributed by atoms with E-state index in [9.17, 15) is 0 Å². The lowest BCUT2D eigenvalue weighted by Gasteiger charge is -2.08. The van der Waals surface area contributed by atoms with Crippen LogP contribution in [0.5, 0.6) is 0 Å². The molecule has 354 valence electrons. The van der Waals surface area contributed by atoms with E-state index in [0.29, 0.717) is 0 Å². The van der Waals surface area contributed by atoms with E-state index in [-0.39, 0.29) is 0 Å². The molecule has 0 saturated carbocycles. The third-order valence-corrected chi connectivity index (χ3v) is 18.8. The summed E-state index contributed by atoms with van der Waals surface area (Å²) in [4.78, 5) is 0. The Balaban J connectivity index is 0.888. The zero-order valence-electron chi connectivity index (χ0n) is 41.2. The molecule has 0 N–H and O–H groups in total. The van der Waals surface area contributed by atoms with Crippen molar-refractivity contribution in [1.29, 1.82) is 0 Å². The Morgan fingerprint density at radius 1 is 0.205 bits per heavy atom. The summed E-state index contributed by atoms with van der Waals surface area (Å²) in [7, 11) is 0. The molecule has 0 amide bonds. The van der Waals surface area contributed by atoms with Crippen LogP contribution in [0.4, 0.5) is 0 Å². The SMILES string of the molecule is c1ccc2c(c1)oc1c(-c3cccc4oc5c(ccc6c5c5cc7c(c8cccc9c%10ccccc%10n7c98)c7c8ccccc8n6c57)c34)cc3c4cccc5c6c7c8ccccc8n8c9ccccc9c(cc6n(c45)c3c12)c78. The highest BCUT2D eigenvalue weighted by atomic mass is 16.3. The Morgan fingerprint density at radius 3 is 1.41 bits per heavy atom. The lowest BCUT2D eigenvalue weighted by molar-refractivity contribution is 0.670. The minimum Gasteiger partial charge on any atom is -0.455 e. The van der Waals surface area contributed by atoms with Crippen LogP contribution in [0.1, 0.15) is 0 Å². The number of furan rings is 2. The maximum absolute atomic E-state index is 7.35. The zero-order valence-corrected chi connectivity index (χ0v) is 41.2. The first-order chi connectivity index (χ1) is 38.8. The van der Waals surface area contributed by atoms with Crippen molar-refractivity contribution in [3.8, 4) is 11.1 Å². The van der Waals surface area contributed by atoms with Crippen molar-refractivity contribution in [2.24, 2.45) is 0 Å². The molecule has 0 unspecified atom stereocenters. The van der Waals surface area contributed by atoms with Gasteiger partial charge in [-0.15, -0.1) is 0 Å². The second-order valence-corrected chi connectivity index (χ2v) is 22.1. The monoisotopic (exact) mass is 986 g/mol. The van der Waals surface area contributed by atoms with Crippen molar-refractivity contribution in [2.45, 2.75) is 0 Å². The summed E-state index contributed by atoms with van der Waals surface area (Å²) >= 11 is 0. The third kappa shape index (κ3) is 3.92. The van der Waals surface area contributed by atoms with Crippen molar-refractivity contribution in [2.75, 3.05) is 0 Å². The highest BCUT2D eigenvalue weighted by molar-refractivity contribution is 6.42. The fourth-order valence-electron chi connectivity index (χ4n) is 16.1. The van der Waals surface area contributed by atoms with Gasteiger partial charge in [0.05, 0.1) is 77.0 Å². The molecule has 10 aromatic heterocycles. The Kier molecular flexibility index (Phi) is 6.05. The molecule has 6 nitrogen and oxygen atoms in total. The summed E-state index contributed by atoms with van der Waals surface area (Å²) in [6.07, 6.45) is 0. The number of hydrogen-bond acceptors (Lipinski definition) is 2. The Morgan fingerprint density at radius 2 is 0.679 bits per heavy atom. The molecule has 0 spiro atoms. The first-order valence-corrected chi connectivity index (χ1v) is 27.0. The van der Waals surface area contributed by atoms with Crippen molar-refractivity contribution in [1.82, 2.24) is 17.6 Å². The first-order valence-electron chi connectivity index (χ1n) is 27.0. The number of nitrogens with zero attached hydrogens (tertiary/aromatic N) is 4. The lowest BCUT2D eigenvalue weighted by atomic mass is 9.94. The van der Waals surface area contributed by atoms with E-state index in [0.717, 1.165) is 65.9 Å². The molecule has 10 heterocycles. The molecule has 0 bridgehead atoms. The molecule has 78 heavy (non-hydrogen) atoms. The minimum atomic E-state index is 0.853. The topological polar surface area (TPSA) is 43.9 Å². The summed E-state index contributed by atoms with van der Waals surface area (Å²) in [5.41, 5.74) is 20.4. The van der Waals surface area contributed by atoms with Crippen molar-refractivity contribution in [3.63, 3.8) is 0 Å². The summed E-state index contributed by atoms with van der Waals surface area (Å²) in [5, 5.41) is 24.6. The van der Waals surface area contributed by atoms with Crippen molar-refractivity contribution in [3.05, 3.63) is 206 Å². The molecule has 0 radical (unpaired) electrons. The average Bonchev–Trinajstić information content (AvgIpc) is 4.28. The normalized spacial score (nSPS) is 13.4. The standard InChI is InChI=1S/C72H34N4O2/c1-6-24-50-35(14-1)38-20-11-22-43-60-55(75(50)66(38)43)34-49-62-54(74-53-27-9-4-17-41(53)64(60)70(49)74)31-30-45-59-37(19-13-29-58(59)78-71(45)62)48-32-46-39-21-12-23-44-61-56(76(67(39)44)69(46)65-42-18-5-10-28-57(42)77-72(48)65)33-47-36-15-2-7-25-51(36)73-52-26-8-3-16-40(52)63(61)68(47)73/h1-34H. The van der Waals surface area contributed by atoms with E-state index in [4.69, 9.17) is 8.83 Å². The molecule has 0 atom stereocenters. The molecule has 0 fully saturated rings. The quantitative estimate of drug-likeness (QED) is 0.164. The molecular weight excluding hydrogens is 953 g/mol. The zero-order chi connectivity index (χ0) is 49.7. The maximum atomic E-state index is 7.35. The van der Waals surface area contributed by atoms with Gasteiger partial charge in [-0.2, -0.15) is 0 Å². The fraction of sp³-hybridized carbons (Fsp3) is 0. The predicted molar refractivity (Wildman–Crippen MR) is 325 cm³/mol. The van der Waals surface area contributed by atoms with Gasteiger partial charge >= 0.3 is 0 Å². The van der Waals surface area contributed by atoms with Gasteiger partial charge in [-0.25, -0.2) is 0 Å². The van der Waals surface area contributed by atoms with Crippen LogP contribution in [-0.4, -0.2) is 17.6 Å². The van der Waals surface area contributed by atoms with Crippen LogP contribution >= 0.6 is 0 Å². The molecule has 6 heteroatoms. The molecule has 0 saturated heterocycles. The van der Waals surface area contributed by atoms with Crippen LogP contribution < -0.4 is 0 Å². The van der Waals surface area contributed by atoms with Crippen LogP contribution in [0, 0.1) is 0 Å². The van der Waals surface area contributed by atoms with Gasteiger partial charge in [0.25, 0.3) is 0 Å². The second-order valence-electron chi connectivity index (χ2n) is 22.1. The van der Waals surface area contributed by atoms with Crippen molar-refractivity contribution >= 4 is 196 Å². The molecule has 22 aromatic rings. The van der Waals surface area contributed by atoms with E-state index in [1.165, 1.54) is 141 Å². The highest BCUT2D eigenvalue weighted by Crippen LogP contribution is 2.54. The van der Waals surface area contributed by atoms with Gasteiger partial charge in [-0.3, -0.25) is 0 Å². The van der Waals surface area contributed by atoms with E-state index in [1.807, 2.05) is 0 Å². The maximum Gasteiger partial charge on any atom is 0.145 e. The van der Waals surface area contributed by atoms with Gasteiger partial charge in [0, 0.05) is 103 Å². The Labute approximate surface area is 437 Å². The smallest absolute Gasteiger partial charge is 0.145 e. The van der Waals surface area contributed by atoms with Gasteiger partial charge in [0.1, 0.15) is 22.3 Å². The average molecular weight is 987 g/mol. The van der Waals surface area contributed by atoms with Crippen LogP contribution in [0.2, 0.25) is 0 Å². The van der Waals surface area contributed by atoms with Gasteiger partial charge in [0.15, 0.2) is 0 Å². The minimum absolute atomic E-state index is 0.853. The number of fused-ring (bicyclic) bond motifs is 34. The van der Waals surface area contributed by atoms with E-state index in [1.54, 1.807) is 0 Å². The number of benzene rings is 12. The number of para-hydroxylation sites is 7. The molecule has 0 aliphatic carbocycles. The molecular formula is C72H34N4O2. The van der Waals surface area contributed by atoms with Crippen LogP contribution in [0.3, 0.4) is 0 Å². The summed E-state index contributed by atoms with van der Waals surface area (Å²) in [6, 6.07) is 76.7. The second kappa shape index (κ2) is 12.4. The molecule has 22 rings (SSSR count). The summed E-state index contributed by atoms with van der Waals surface area (Å²) in [5.74, 6) is 0. The lowest BCUT2D eigenvalue weighted by Crippen LogP contribution is -1.86. The van der Waals surface area contributed by atoms with Gasteiger partial charge in [-0.1, -0.05) is 140 Å². The molecule has 0 aliphatic rings. The van der Waals surface area contributed by atoms with Crippen molar-refractivity contribution < 1.29 is 8.83 Å². The van der Waals surface area contributed by atoms with Gasteiger partial charge in [0.2, 0.25) is 0 Å². The number of hydrogen-bond donors (Lipinski definition) is 0. The number of rotatable bonds is 1. The van der Waals surface area contributed by atoms with E-state index in [2.05, 4.69) is 224 Å². The summed E-state index contributed by atoms with van der Waals surface area (Å²) in [6.45, 7) is 0. The van der Waals surface area contributed by atoms with Gasteiger partial charge in [-0.05, 0) is 72.3 Å². The summed E-state index contributed by atoms with van der Waals surface area (Å²) < 4.78 is 24.7. The highest BCUT2D eigenvalue weighted by Gasteiger charge is 2.31. The van der Waals surface area contributed by atoms with Crippen LogP contribution in [0.15, 0.2) is 215 Å². The van der Waals surface area contributed by atoms with E-state index < -0.39 is 0 Å². The largest absolute Gasteiger partial charge is 0.455 e. The fourth-order valence-corrected chi connectivity index (χ4v) is 16.1. The predicted octanol–water partition coefficient (Wildman–Crippen LogP) is 19.8. The van der Waals surface area contributed by atoms with Crippen LogP contribution in [-0.2, 0) is 0 Å². The van der Waals surface area contributed by atoms with Crippen LogP contribution in [0.25, 0.3) is 207 Å². The van der Waals surface area contributed by atoms with E-state index >= 15 is 0 Å². The van der Waals surface area contributed by atoms with Gasteiger partial charge < -0.3 is 26.4 Å². The molecule has 12 aromatic carbocycles. The third-order valence-electron chi connectivity index (χ3n) is 18.8.